The van der Waals surface area contributed by atoms with Crippen LogP contribution in [-0.2, 0) is 22.6 Å². The van der Waals surface area contributed by atoms with E-state index < -0.39 is 37.4 Å². The average Bonchev–Trinajstić information content (AvgIpc) is 3.20. The van der Waals surface area contributed by atoms with Gasteiger partial charge in [0, 0.05) is 29.8 Å². The molecule has 1 amide bonds. The maximum Gasteiger partial charge on any atom is 0.272 e. The Bertz CT molecular complexity index is 1100. The van der Waals surface area contributed by atoms with Crippen molar-refractivity contribution < 1.29 is 23.1 Å². The van der Waals surface area contributed by atoms with Crippen molar-refractivity contribution in [2.45, 2.75) is 38.6 Å². The number of aliphatic hydroxyl groups excluding tert-OH is 1. The molecule has 4 rings (SSSR count). The van der Waals surface area contributed by atoms with Crippen molar-refractivity contribution in [1.29, 1.82) is 0 Å². The quantitative estimate of drug-likeness (QED) is 0.765. The number of nitrogens with zero attached hydrogens (tertiary/aromatic N) is 4. The molecular formula is C21H24FN5O3. The summed E-state index contributed by atoms with van der Waals surface area (Å²) in [5.74, 6) is -1.23. The van der Waals surface area contributed by atoms with Gasteiger partial charge in [0.25, 0.3) is 5.91 Å². The van der Waals surface area contributed by atoms with Crippen molar-refractivity contribution in [1.82, 2.24) is 14.9 Å². The Morgan fingerprint density at radius 1 is 1.47 bits per heavy atom. The molecule has 3 heterocycles. The van der Waals surface area contributed by atoms with Gasteiger partial charge in [-0.15, -0.1) is 0 Å². The molecule has 8 nitrogen and oxygen atoms in total. The number of nitrogens with one attached hydrogen (secondary N) is 1. The van der Waals surface area contributed by atoms with Crippen LogP contribution >= 0.6 is 0 Å². The average molecular weight is 416 g/mol. The van der Waals surface area contributed by atoms with E-state index in [1.165, 1.54) is 18.5 Å². The zero-order valence-electron chi connectivity index (χ0n) is 19.4. The Labute approximate surface area is 178 Å². The number of aliphatic hydroxyl groups is 1. The number of aryl methyl sites for hydroxylation is 1. The smallest absolute Gasteiger partial charge is 0.272 e. The number of likely N-dealkylation sites (N-methyl/N-ethyl adjacent to an activating group) is 1. The highest BCUT2D eigenvalue weighted by molar-refractivity contribution is 6.47. The summed E-state index contributed by atoms with van der Waals surface area (Å²) in [6, 6.07) is 3.85. The molecule has 0 radical (unpaired) electrons. The SMILES string of the molecule is [2H]C([2H])([2H])N(Cc1cc(C)ccc1F)C(=O)C1=NCc2ncnc(N[C@@H]3COCC[C@H]3O)c21. The van der Waals surface area contributed by atoms with Crippen LogP contribution in [0.25, 0.3) is 0 Å². The lowest BCUT2D eigenvalue weighted by Gasteiger charge is -2.29. The van der Waals surface area contributed by atoms with Gasteiger partial charge in [-0.2, -0.15) is 0 Å². The molecule has 2 aliphatic rings. The third kappa shape index (κ3) is 4.03. The van der Waals surface area contributed by atoms with Crippen LogP contribution in [0, 0.1) is 12.7 Å². The molecule has 2 aliphatic heterocycles. The summed E-state index contributed by atoms with van der Waals surface area (Å²) >= 11 is 0. The maximum atomic E-state index is 14.3. The van der Waals surface area contributed by atoms with Crippen molar-refractivity contribution in [2.24, 2.45) is 4.99 Å². The summed E-state index contributed by atoms with van der Waals surface area (Å²) in [4.78, 5) is 26.6. The summed E-state index contributed by atoms with van der Waals surface area (Å²) < 4.78 is 43.4. The fourth-order valence-corrected chi connectivity index (χ4v) is 3.54. The van der Waals surface area contributed by atoms with E-state index in [9.17, 15) is 14.3 Å². The first-order chi connectivity index (χ1) is 15.6. The number of ether oxygens (including phenoxy) is 1. The van der Waals surface area contributed by atoms with Crippen molar-refractivity contribution in [2.75, 3.05) is 25.5 Å². The van der Waals surface area contributed by atoms with Gasteiger partial charge < -0.3 is 20.1 Å². The number of carbonyl (C=O) groups is 1. The van der Waals surface area contributed by atoms with Crippen molar-refractivity contribution in [3.63, 3.8) is 0 Å². The lowest BCUT2D eigenvalue weighted by atomic mass is 10.0. The number of rotatable bonds is 5. The van der Waals surface area contributed by atoms with Crippen LogP contribution < -0.4 is 5.32 Å². The molecule has 1 aromatic carbocycles. The zero-order chi connectivity index (χ0) is 23.8. The fourth-order valence-electron chi connectivity index (χ4n) is 3.54. The number of benzene rings is 1. The Morgan fingerprint density at radius 3 is 3.13 bits per heavy atom. The zero-order valence-corrected chi connectivity index (χ0v) is 16.4. The molecule has 0 spiro atoms. The Morgan fingerprint density at radius 2 is 2.33 bits per heavy atom. The Hall–Kier alpha value is -2.91. The van der Waals surface area contributed by atoms with Crippen LogP contribution in [0.5, 0.6) is 0 Å². The highest BCUT2D eigenvalue weighted by Crippen LogP contribution is 2.26. The molecule has 2 atom stereocenters. The predicted octanol–water partition coefficient (Wildman–Crippen LogP) is 1.45. The molecular weight excluding hydrogens is 389 g/mol. The normalized spacial score (nSPS) is 22.4. The van der Waals surface area contributed by atoms with E-state index in [4.69, 9.17) is 8.85 Å². The van der Waals surface area contributed by atoms with Crippen LogP contribution in [0.3, 0.4) is 0 Å². The lowest BCUT2D eigenvalue weighted by molar-refractivity contribution is -0.123. The van der Waals surface area contributed by atoms with Gasteiger partial charge in [-0.25, -0.2) is 14.4 Å². The van der Waals surface area contributed by atoms with Crippen molar-refractivity contribution in [3.05, 3.63) is 52.7 Å². The van der Waals surface area contributed by atoms with E-state index in [0.29, 0.717) is 23.6 Å². The van der Waals surface area contributed by atoms with Gasteiger partial charge in [0.2, 0.25) is 0 Å². The minimum atomic E-state index is -2.84. The molecule has 2 N–H and O–H groups in total. The van der Waals surface area contributed by atoms with E-state index in [1.807, 2.05) is 0 Å². The van der Waals surface area contributed by atoms with Crippen LogP contribution in [0.1, 0.15) is 32.9 Å². The Balaban J connectivity index is 1.65. The summed E-state index contributed by atoms with van der Waals surface area (Å²) in [7, 11) is 0. The number of hydrogen-bond donors (Lipinski definition) is 2. The molecule has 0 aliphatic carbocycles. The summed E-state index contributed by atoms with van der Waals surface area (Å²) in [6.45, 7) is -0.784. The third-order valence-electron chi connectivity index (χ3n) is 5.17. The highest BCUT2D eigenvalue weighted by Gasteiger charge is 2.32. The number of fused-ring (bicyclic) bond motifs is 1. The number of aromatic nitrogens is 2. The molecule has 0 unspecified atom stereocenters. The minimum Gasteiger partial charge on any atom is -0.391 e. The molecule has 2 aromatic rings. The topological polar surface area (TPSA) is 99.9 Å². The minimum absolute atomic E-state index is 0.0744. The number of anilines is 1. The maximum absolute atomic E-state index is 14.3. The standard InChI is InChI=1S/C21H24FN5O3/c1-12-3-4-14(22)13(7-12)9-27(2)21(29)19-18-15(8-23-19)24-11-25-20(18)26-16-10-30-6-5-17(16)28/h3-4,7,11,16-17,28H,5-6,8-10H2,1-2H3,(H,24,25,26)/t16-,17-/m1/s1/i2D3. The summed E-state index contributed by atoms with van der Waals surface area (Å²) in [6.07, 6.45) is 1.08. The van der Waals surface area contributed by atoms with Gasteiger partial charge in [0.1, 0.15) is 23.7 Å². The van der Waals surface area contributed by atoms with Crippen LogP contribution in [0.4, 0.5) is 10.2 Å². The van der Waals surface area contributed by atoms with E-state index in [1.54, 1.807) is 13.0 Å². The van der Waals surface area contributed by atoms with Gasteiger partial charge in [-0.3, -0.25) is 9.79 Å². The van der Waals surface area contributed by atoms with Crippen LogP contribution in [0.15, 0.2) is 29.5 Å². The fraction of sp³-hybridized carbons (Fsp3) is 0.429. The predicted molar refractivity (Wildman–Crippen MR) is 109 cm³/mol. The Kier molecular flexibility index (Phi) is 4.74. The van der Waals surface area contributed by atoms with Gasteiger partial charge in [-0.05, 0) is 19.4 Å². The van der Waals surface area contributed by atoms with Crippen molar-refractivity contribution in [3.8, 4) is 0 Å². The van der Waals surface area contributed by atoms with Gasteiger partial charge in [0.15, 0.2) is 0 Å². The van der Waals surface area contributed by atoms with Crippen molar-refractivity contribution >= 4 is 17.4 Å². The first-order valence-corrected chi connectivity index (χ1v) is 9.63. The first-order valence-electron chi connectivity index (χ1n) is 11.1. The second-order valence-electron chi connectivity index (χ2n) is 7.38. The van der Waals surface area contributed by atoms with Gasteiger partial charge >= 0.3 is 0 Å². The lowest BCUT2D eigenvalue weighted by Crippen LogP contribution is -2.43. The molecule has 1 saturated heterocycles. The number of halogens is 1. The summed E-state index contributed by atoms with van der Waals surface area (Å²) in [5.41, 5.74) is 1.43. The summed E-state index contributed by atoms with van der Waals surface area (Å²) in [5, 5.41) is 13.3. The number of hydrogen-bond acceptors (Lipinski definition) is 7. The molecule has 30 heavy (non-hydrogen) atoms. The number of amides is 1. The van der Waals surface area contributed by atoms with E-state index in [2.05, 4.69) is 20.3 Å². The monoisotopic (exact) mass is 416 g/mol. The number of carbonyl (C=O) groups excluding carboxylic acids is 1. The first kappa shape index (κ1) is 16.8. The van der Waals surface area contributed by atoms with Crippen LogP contribution in [0.2, 0.25) is 0 Å². The molecule has 0 saturated carbocycles. The van der Waals surface area contributed by atoms with E-state index >= 15 is 0 Å². The largest absolute Gasteiger partial charge is 0.391 e. The number of aliphatic imine (C=N–C) groups is 1. The van der Waals surface area contributed by atoms with Gasteiger partial charge in [0.05, 0.1) is 36.6 Å². The van der Waals surface area contributed by atoms with Gasteiger partial charge in [-0.1, -0.05) is 17.7 Å². The second-order valence-corrected chi connectivity index (χ2v) is 7.38. The molecule has 158 valence electrons. The molecule has 0 bridgehead atoms. The van der Waals surface area contributed by atoms with E-state index in [-0.39, 0.29) is 35.8 Å². The highest BCUT2D eigenvalue weighted by atomic mass is 19.1. The van der Waals surface area contributed by atoms with E-state index in [0.717, 1.165) is 5.56 Å². The second kappa shape index (κ2) is 8.45. The third-order valence-corrected chi connectivity index (χ3v) is 5.17. The molecule has 1 fully saturated rings. The van der Waals surface area contributed by atoms with Crippen LogP contribution in [-0.4, -0.2) is 63.9 Å². The molecule has 9 heteroatoms. The molecule has 1 aromatic heterocycles.